The van der Waals surface area contributed by atoms with Gasteiger partial charge in [0.2, 0.25) is 5.95 Å². The molecule has 5 heteroatoms. The summed E-state index contributed by atoms with van der Waals surface area (Å²) in [5.41, 5.74) is 2.63. The minimum Gasteiger partial charge on any atom is -0.395 e. The normalized spacial score (nSPS) is 12.0. The van der Waals surface area contributed by atoms with Gasteiger partial charge in [-0.3, -0.25) is 0 Å². The fourth-order valence-electron chi connectivity index (χ4n) is 4.14. The van der Waals surface area contributed by atoms with Crippen LogP contribution in [0.3, 0.4) is 0 Å². The summed E-state index contributed by atoms with van der Waals surface area (Å²) in [6.07, 6.45) is 11.7. The quantitative estimate of drug-likeness (QED) is 0.190. The molecule has 1 aliphatic rings. The molecule has 39 heavy (non-hydrogen) atoms. The predicted molar refractivity (Wildman–Crippen MR) is 167 cm³/mol. The maximum atomic E-state index is 12.9. The number of fused-ring (bicyclic) bond motifs is 2. The Balaban J connectivity index is 0.000000310. The highest BCUT2D eigenvalue weighted by atomic mass is 19.1. The summed E-state index contributed by atoms with van der Waals surface area (Å²) in [7, 11) is 0. The summed E-state index contributed by atoms with van der Waals surface area (Å²) in [6.45, 7) is 13.4. The van der Waals surface area contributed by atoms with Crippen LogP contribution in [0.4, 0.5) is 4.39 Å². The van der Waals surface area contributed by atoms with Crippen LogP contribution in [0.25, 0.3) is 21.7 Å². The van der Waals surface area contributed by atoms with Gasteiger partial charge in [-0.2, -0.15) is 4.39 Å². The number of hydrogen-bond donors (Lipinski definition) is 3. The molecule has 0 aliphatic carbocycles. The van der Waals surface area contributed by atoms with Crippen molar-refractivity contribution in [2.45, 2.75) is 59.4 Å². The summed E-state index contributed by atoms with van der Waals surface area (Å²) in [6, 6.07) is 24.3. The summed E-state index contributed by atoms with van der Waals surface area (Å²) < 4.78 is 12.9. The first-order chi connectivity index (χ1) is 18.9. The summed E-state index contributed by atoms with van der Waals surface area (Å²) >= 11 is 0. The van der Waals surface area contributed by atoms with Gasteiger partial charge < -0.3 is 15.7 Å². The van der Waals surface area contributed by atoms with Crippen LogP contribution in [0, 0.1) is 25.7 Å². The molecule has 1 fully saturated rings. The lowest BCUT2D eigenvalue weighted by molar-refractivity contribution is 0.265. The summed E-state index contributed by atoms with van der Waals surface area (Å²) in [4.78, 5) is 3.81. The van der Waals surface area contributed by atoms with Gasteiger partial charge in [0.15, 0.2) is 0 Å². The first-order valence-electron chi connectivity index (χ1n) is 13.8. The molecule has 3 N–H and O–H groups in total. The Morgan fingerprint density at radius 3 is 2.08 bits per heavy atom. The Kier molecular flexibility index (Phi) is 16.3. The zero-order chi connectivity index (χ0) is 29.1. The SMILES string of the molecule is C#C.C1CCNC1.CC.CC(C)(Cc1ccc2ccccc2c1)NCCO.Cc1cc2ccccc2nc1F. The van der Waals surface area contributed by atoms with E-state index in [0.29, 0.717) is 17.6 Å². The number of para-hydroxylation sites is 1. The van der Waals surface area contributed by atoms with Crippen LogP contribution in [0.1, 0.15) is 51.7 Å². The number of rotatable bonds is 5. The van der Waals surface area contributed by atoms with Crippen LogP contribution >= 0.6 is 0 Å². The smallest absolute Gasteiger partial charge is 0.216 e. The van der Waals surface area contributed by atoms with Crippen molar-refractivity contribution in [2.24, 2.45) is 0 Å². The van der Waals surface area contributed by atoms with Crippen molar-refractivity contribution in [1.82, 2.24) is 15.6 Å². The van der Waals surface area contributed by atoms with Gasteiger partial charge in [-0.15, -0.1) is 12.8 Å². The molecule has 1 aromatic heterocycles. The minimum atomic E-state index is -0.381. The number of aryl methyl sites for hydroxylation is 1. The van der Waals surface area contributed by atoms with Crippen LogP contribution in [0.2, 0.25) is 0 Å². The van der Waals surface area contributed by atoms with Gasteiger partial charge in [0.25, 0.3) is 0 Å². The Hall–Kier alpha value is -3.30. The molecular weight excluding hydrogens is 485 g/mol. The number of hydrogen-bond acceptors (Lipinski definition) is 4. The average molecular weight is 532 g/mol. The molecule has 0 saturated carbocycles. The lowest BCUT2D eigenvalue weighted by atomic mass is 9.93. The molecule has 210 valence electrons. The second-order valence-electron chi connectivity index (χ2n) is 9.64. The highest BCUT2D eigenvalue weighted by Gasteiger charge is 2.17. The molecule has 0 amide bonds. The van der Waals surface area contributed by atoms with Crippen molar-refractivity contribution >= 4 is 21.7 Å². The molecule has 5 rings (SSSR count). The fraction of sp³-hybridized carbons (Fsp3) is 0.382. The van der Waals surface area contributed by atoms with Crippen molar-refractivity contribution < 1.29 is 9.50 Å². The summed E-state index contributed by atoms with van der Waals surface area (Å²) in [5.74, 6) is -0.381. The van der Waals surface area contributed by atoms with Crippen LogP contribution in [-0.2, 0) is 6.42 Å². The van der Waals surface area contributed by atoms with E-state index >= 15 is 0 Å². The predicted octanol–water partition coefficient (Wildman–Crippen LogP) is 7.07. The third-order valence-corrected chi connectivity index (χ3v) is 5.99. The van der Waals surface area contributed by atoms with Gasteiger partial charge in [-0.05, 0) is 81.6 Å². The van der Waals surface area contributed by atoms with Gasteiger partial charge in [0.05, 0.1) is 12.1 Å². The Morgan fingerprint density at radius 1 is 0.897 bits per heavy atom. The fourth-order valence-corrected chi connectivity index (χ4v) is 4.14. The maximum absolute atomic E-state index is 12.9. The standard InChI is InChI=1S/C16H21NO.C10H8FN.C4H9N.C2H6.C2H2/c1-16(2,17-9-10-18)12-13-7-8-14-5-3-4-6-15(14)11-13;1-7-6-8-4-2-3-5-9(8)12-10(7)11;1-2-4-5-3-1;2*1-2/h3-8,11,17-18H,9-10,12H2,1-2H3;2-6H,1H3;5H,1-4H2;1-2H3;1-2H. The van der Waals surface area contributed by atoms with Gasteiger partial charge in [0.1, 0.15) is 0 Å². The Bertz CT molecular complexity index is 1200. The molecule has 4 nitrogen and oxygen atoms in total. The number of nitrogens with zero attached hydrogens (tertiary/aromatic N) is 1. The molecule has 0 radical (unpaired) electrons. The van der Waals surface area contributed by atoms with Crippen molar-refractivity contribution in [2.75, 3.05) is 26.2 Å². The van der Waals surface area contributed by atoms with Crippen molar-refractivity contribution in [3.63, 3.8) is 0 Å². The molecule has 3 aromatic carbocycles. The molecular formula is C34H46FN3O. The van der Waals surface area contributed by atoms with Gasteiger partial charge in [0, 0.05) is 23.0 Å². The van der Waals surface area contributed by atoms with E-state index in [1.807, 2.05) is 32.0 Å². The van der Waals surface area contributed by atoms with Crippen LogP contribution in [0.5, 0.6) is 0 Å². The van der Waals surface area contributed by atoms with E-state index in [4.69, 9.17) is 5.11 Å². The monoisotopic (exact) mass is 531 g/mol. The third kappa shape index (κ3) is 12.4. The van der Waals surface area contributed by atoms with Crippen LogP contribution in [-0.4, -0.2) is 41.9 Å². The highest BCUT2D eigenvalue weighted by Crippen LogP contribution is 2.19. The maximum Gasteiger partial charge on any atom is 0.216 e. The second kappa shape index (κ2) is 18.9. The minimum absolute atomic E-state index is 0.00515. The van der Waals surface area contributed by atoms with E-state index in [1.165, 1.54) is 42.3 Å². The number of β-amino-alcohol motifs (C(OH)–C–C–N with tert-alkyl or cyclic N) is 1. The Labute approximate surface area is 235 Å². The summed E-state index contributed by atoms with van der Waals surface area (Å²) in [5, 5.41) is 19.0. The van der Waals surface area contributed by atoms with Crippen LogP contribution in [0.15, 0.2) is 72.8 Å². The average Bonchev–Trinajstić information content (AvgIpc) is 3.56. The largest absolute Gasteiger partial charge is 0.395 e. The second-order valence-corrected chi connectivity index (χ2v) is 9.64. The third-order valence-electron chi connectivity index (χ3n) is 5.99. The number of nitrogens with one attached hydrogen (secondary N) is 2. The van der Waals surface area contributed by atoms with Crippen LogP contribution < -0.4 is 10.6 Å². The Morgan fingerprint density at radius 2 is 1.49 bits per heavy atom. The van der Waals surface area contributed by atoms with Gasteiger partial charge >= 0.3 is 0 Å². The molecule has 0 atom stereocenters. The number of terminal acetylenes is 1. The number of benzene rings is 3. The number of aromatic nitrogens is 1. The number of pyridine rings is 1. The van der Waals surface area contributed by atoms with E-state index in [-0.39, 0.29) is 18.1 Å². The van der Waals surface area contributed by atoms with Crippen molar-refractivity contribution in [1.29, 1.82) is 0 Å². The van der Waals surface area contributed by atoms with E-state index in [1.54, 1.807) is 19.1 Å². The van der Waals surface area contributed by atoms with Gasteiger partial charge in [-0.1, -0.05) is 74.5 Å². The van der Waals surface area contributed by atoms with E-state index in [2.05, 4.69) is 84.8 Å². The molecule has 0 spiro atoms. The zero-order valence-corrected chi connectivity index (χ0v) is 24.3. The highest BCUT2D eigenvalue weighted by molar-refractivity contribution is 5.83. The number of halogens is 1. The molecule has 0 bridgehead atoms. The van der Waals surface area contributed by atoms with Crippen molar-refractivity contribution in [3.05, 3.63) is 89.9 Å². The first kappa shape index (κ1) is 33.7. The molecule has 4 aromatic rings. The lowest BCUT2D eigenvalue weighted by Gasteiger charge is -2.26. The molecule has 2 heterocycles. The molecule has 1 aliphatic heterocycles. The topological polar surface area (TPSA) is 57.2 Å². The number of aliphatic hydroxyl groups excluding tert-OH is 1. The molecule has 1 saturated heterocycles. The van der Waals surface area contributed by atoms with Crippen molar-refractivity contribution in [3.8, 4) is 12.8 Å². The molecule has 0 unspecified atom stereocenters. The lowest BCUT2D eigenvalue weighted by Crippen LogP contribution is -2.42. The number of aliphatic hydroxyl groups is 1. The van der Waals surface area contributed by atoms with E-state index < -0.39 is 0 Å². The van der Waals surface area contributed by atoms with E-state index in [0.717, 1.165) is 11.8 Å². The first-order valence-corrected chi connectivity index (χ1v) is 13.8. The van der Waals surface area contributed by atoms with E-state index in [9.17, 15) is 4.39 Å². The van der Waals surface area contributed by atoms with Gasteiger partial charge in [-0.25, -0.2) is 4.98 Å². The zero-order valence-electron chi connectivity index (χ0n) is 24.3.